The van der Waals surface area contributed by atoms with Gasteiger partial charge in [-0.3, -0.25) is 14.4 Å². The summed E-state index contributed by atoms with van der Waals surface area (Å²) in [5.41, 5.74) is 0.0902. The van der Waals surface area contributed by atoms with Crippen LogP contribution in [0.3, 0.4) is 0 Å². The van der Waals surface area contributed by atoms with Crippen molar-refractivity contribution in [1.29, 1.82) is 0 Å². The quantitative estimate of drug-likeness (QED) is 0.322. The molecule has 1 heterocycles. The van der Waals surface area contributed by atoms with E-state index >= 15 is 0 Å². The summed E-state index contributed by atoms with van der Waals surface area (Å²) in [5.74, 6) is -0.988. The molecule has 0 saturated carbocycles. The minimum atomic E-state index is -4.60. The number of aryl methyl sites for hydroxylation is 1. The molecule has 4 aromatic rings. The maximum atomic E-state index is 13.2. The molecule has 0 saturated heterocycles. The van der Waals surface area contributed by atoms with Crippen LogP contribution in [0.2, 0.25) is 0 Å². The third kappa shape index (κ3) is 3.71. The van der Waals surface area contributed by atoms with E-state index in [2.05, 4.69) is 15.3 Å². The van der Waals surface area contributed by atoms with Gasteiger partial charge in [0.25, 0.3) is 15.7 Å². The molecule has 4 rings (SSSR count). The number of fused-ring (bicyclic) bond motifs is 1. The van der Waals surface area contributed by atoms with E-state index in [-0.39, 0.29) is 22.1 Å². The summed E-state index contributed by atoms with van der Waals surface area (Å²) >= 11 is 0. The van der Waals surface area contributed by atoms with E-state index in [4.69, 9.17) is 0 Å². The number of aromatic amines is 1. The number of benzene rings is 3. The molecule has 0 atom stereocenters. The molecule has 1 aromatic heterocycles. The van der Waals surface area contributed by atoms with Crippen LogP contribution in [-0.4, -0.2) is 27.9 Å². The maximum Gasteiger partial charge on any atom is 0.299 e. The van der Waals surface area contributed by atoms with Gasteiger partial charge in [0, 0.05) is 16.8 Å². The van der Waals surface area contributed by atoms with Gasteiger partial charge in [0.15, 0.2) is 5.69 Å². The zero-order chi connectivity index (χ0) is 22.3. The number of aromatic nitrogens is 2. The number of halogens is 1. The lowest BCUT2D eigenvalue weighted by Gasteiger charge is -2.08. The van der Waals surface area contributed by atoms with Crippen molar-refractivity contribution in [2.75, 3.05) is 0 Å². The Kier molecular flexibility index (Phi) is 4.91. The fourth-order valence-electron chi connectivity index (χ4n) is 3.16. The first-order chi connectivity index (χ1) is 14.7. The maximum absolute atomic E-state index is 13.2. The van der Waals surface area contributed by atoms with Crippen molar-refractivity contribution < 1.29 is 22.5 Å². The van der Waals surface area contributed by atoms with Gasteiger partial charge in [-0.1, -0.05) is 24.3 Å². The van der Waals surface area contributed by atoms with Gasteiger partial charge in [-0.25, -0.2) is 9.07 Å². The number of phenolic OH excluding ortho intramolecular Hbond substituents is 1. The normalized spacial score (nSPS) is 12.1. The van der Waals surface area contributed by atoms with Gasteiger partial charge in [-0.2, -0.15) is 8.42 Å². The van der Waals surface area contributed by atoms with Crippen LogP contribution < -0.4 is 5.56 Å². The third-order valence-corrected chi connectivity index (χ3v) is 5.50. The molecule has 31 heavy (non-hydrogen) atoms. The molecule has 0 aliphatic rings. The first kappa shape index (κ1) is 20.4. The number of hydrogen-bond donors (Lipinski definition) is 3. The molecular weight excluding hydrogens is 427 g/mol. The second-order valence-corrected chi connectivity index (χ2v) is 8.06. The monoisotopic (exact) mass is 442 g/mol. The lowest BCUT2D eigenvalue weighted by molar-refractivity contribution is 0.468. The number of nitrogens with zero attached hydrogens (tertiary/aromatic N) is 3. The predicted molar refractivity (Wildman–Crippen MR) is 111 cm³/mol. The second-order valence-electron chi connectivity index (χ2n) is 6.67. The Hall–Kier alpha value is -3.83. The summed E-state index contributed by atoms with van der Waals surface area (Å²) < 4.78 is 47.1. The van der Waals surface area contributed by atoms with Crippen LogP contribution in [0.1, 0.15) is 5.69 Å². The molecule has 158 valence electrons. The minimum Gasteiger partial charge on any atom is -0.506 e. The lowest BCUT2D eigenvalue weighted by atomic mass is 10.1. The van der Waals surface area contributed by atoms with Crippen molar-refractivity contribution in [3.05, 3.63) is 76.5 Å². The molecule has 0 amide bonds. The van der Waals surface area contributed by atoms with E-state index in [1.165, 1.54) is 41.1 Å². The lowest BCUT2D eigenvalue weighted by Crippen LogP contribution is -2.13. The summed E-state index contributed by atoms with van der Waals surface area (Å²) in [6.45, 7) is 1.59. The minimum absolute atomic E-state index is 0.0494. The summed E-state index contributed by atoms with van der Waals surface area (Å²) in [4.78, 5) is 12.3. The van der Waals surface area contributed by atoms with Crippen LogP contribution in [0, 0.1) is 12.7 Å². The highest BCUT2D eigenvalue weighted by molar-refractivity contribution is 7.86. The molecule has 9 nitrogen and oxygen atoms in total. The predicted octanol–water partition coefficient (Wildman–Crippen LogP) is 4.13. The van der Waals surface area contributed by atoms with Crippen molar-refractivity contribution >= 4 is 32.3 Å². The zero-order valence-corrected chi connectivity index (χ0v) is 16.8. The third-order valence-electron chi connectivity index (χ3n) is 4.61. The zero-order valence-electron chi connectivity index (χ0n) is 15.9. The Morgan fingerprint density at radius 2 is 1.61 bits per heavy atom. The largest absolute Gasteiger partial charge is 0.506 e. The molecule has 0 fully saturated rings. The SMILES string of the molecule is Cc1[nH]n(-c2ccc(F)cc2)c(=O)c1N=Nc1c(O)cc(S(=O)(=O)O)c2ccccc12. The van der Waals surface area contributed by atoms with E-state index in [0.29, 0.717) is 11.4 Å². The molecule has 0 spiro atoms. The van der Waals surface area contributed by atoms with Crippen LogP contribution in [0.15, 0.2) is 74.5 Å². The number of H-pyrrole nitrogens is 1. The van der Waals surface area contributed by atoms with Crippen molar-refractivity contribution in [3.63, 3.8) is 0 Å². The van der Waals surface area contributed by atoms with Crippen LogP contribution in [0.4, 0.5) is 15.8 Å². The number of phenols is 1. The molecule has 0 radical (unpaired) electrons. The Balaban J connectivity index is 1.84. The summed E-state index contributed by atoms with van der Waals surface area (Å²) in [5, 5.41) is 21.4. The first-order valence-corrected chi connectivity index (χ1v) is 10.3. The van der Waals surface area contributed by atoms with Crippen LogP contribution in [0.5, 0.6) is 5.75 Å². The highest BCUT2D eigenvalue weighted by Gasteiger charge is 2.20. The van der Waals surface area contributed by atoms with Gasteiger partial charge < -0.3 is 5.11 Å². The van der Waals surface area contributed by atoms with Crippen molar-refractivity contribution in [3.8, 4) is 11.4 Å². The second kappa shape index (κ2) is 7.45. The summed E-state index contributed by atoms with van der Waals surface area (Å²) in [6.07, 6.45) is 0. The number of azo groups is 1. The Labute approximate surface area is 174 Å². The van der Waals surface area contributed by atoms with Crippen molar-refractivity contribution in [2.45, 2.75) is 11.8 Å². The molecular formula is C20H15FN4O5S. The summed E-state index contributed by atoms with van der Waals surface area (Å²) in [7, 11) is -4.60. The van der Waals surface area contributed by atoms with E-state index in [9.17, 15) is 27.3 Å². The number of hydrogen-bond acceptors (Lipinski definition) is 6. The van der Waals surface area contributed by atoms with Crippen molar-refractivity contribution in [2.24, 2.45) is 10.2 Å². The standard InChI is InChI=1S/C20H15FN4O5S/c1-11-18(20(27)25(24-11)13-8-6-12(21)7-9-13)22-23-19-15-5-3-2-4-14(15)17(10-16(19)26)31(28,29)30/h2-10,24,26H,1H3,(H,28,29,30). The van der Waals surface area contributed by atoms with E-state index in [1.807, 2.05) is 0 Å². The molecule has 3 N–H and O–H groups in total. The smallest absolute Gasteiger partial charge is 0.299 e. The molecule has 11 heteroatoms. The Morgan fingerprint density at radius 3 is 2.26 bits per heavy atom. The summed E-state index contributed by atoms with van der Waals surface area (Å²) in [6, 6.07) is 12.2. The fraction of sp³-hybridized carbons (Fsp3) is 0.0500. The highest BCUT2D eigenvalue weighted by atomic mass is 32.2. The topological polar surface area (TPSA) is 137 Å². The van der Waals surface area contributed by atoms with Gasteiger partial charge >= 0.3 is 0 Å². The first-order valence-electron chi connectivity index (χ1n) is 8.88. The molecule has 0 bridgehead atoms. The number of nitrogens with one attached hydrogen (secondary N) is 1. The molecule has 0 aliphatic carbocycles. The molecule has 0 aliphatic heterocycles. The van der Waals surface area contributed by atoms with Crippen molar-refractivity contribution in [1.82, 2.24) is 9.78 Å². The van der Waals surface area contributed by atoms with Crippen LogP contribution in [-0.2, 0) is 10.1 Å². The average molecular weight is 442 g/mol. The van der Waals surface area contributed by atoms with E-state index in [0.717, 1.165) is 6.07 Å². The molecule has 3 aromatic carbocycles. The van der Waals surface area contributed by atoms with Crippen LogP contribution in [0.25, 0.3) is 16.5 Å². The Morgan fingerprint density at radius 1 is 1.00 bits per heavy atom. The molecule has 0 unspecified atom stereocenters. The van der Waals surface area contributed by atoms with Gasteiger partial charge in [0.2, 0.25) is 0 Å². The van der Waals surface area contributed by atoms with E-state index < -0.39 is 32.1 Å². The Bertz CT molecular complexity index is 1510. The number of aromatic hydroxyl groups is 1. The average Bonchev–Trinajstić information content (AvgIpc) is 3.00. The van der Waals surface area contributed by atoms with Gasteiger partial charge in [0.1, 0.15) is 22.1 Å². The van der Waals surface area contributed by atoms with Gasteiger partial charge in [-0.15, -0.1) is 10.2 Å². The van der Waals surface area contributed by atoms with E-state index in [1.54, 1.807) is 19.1 Å². The fourth-order valence-corrected chi connectivity index (χ4v) is 3.88. The van der Waals surface area contributed by atoms with Crippen LogP contribution >= 0.6 is 0 Å². The number of rotatable bonds is 4. The van der Waals surface area contributed by atoms with Gasteiger partial charge in [-0.05, 0) is 31.2 Å². The highest BCUT2D eigenvalue weighted by Crippen LogP contribution is 2.39. The van der Waals surface area contributed by atoms with Gasteiger partial charge in [0.05, 0.1) is 11.4 Å².